The smallest absolute Gasteiger partial charge is 0.152 e. The van der Waals surface area contributed by atoms with Crippen LogP contribution in [-0.4, -0.2) is 33.6 Å². The first-order chi connectivity index (χ1) is 8.47. The van der Waals surface area contributed by atoms with E-state index in [1.165, 1.54) is 13.4 Å². The van der Waals surface area contributed by atoms with Crippen LogP contribution in [0.15, 0.2) is 30.3 Å². The lowest BCUT2D eigenvalue weighted by Crippen LogP contribution is -2.17. The standard InChI is InChI=1S/C13H15NO3S/c1-17-9-13(8-14)11(12(13)18(2,15)16)10-6-4-3-5-7-10/h3-7,11-12H,9H2,1-2H3/t11-,12+,13-/m1/s1. The summed E-state index contributed by atoms with van der Waals surface area (Å²) in [7, 11) is -1.79. The van der Waals surface area contributed by atoms with Gasteiger partial charge in [0.1, 0.15) is 5.41 Å². The molecule has 2 rings (SSSR count). The van der Waals surface area contributed by atoms with E-state index in [9.17, 15) is 13.7 Å². The minimum atomic E-state index is -3.27. The van der Waals surface area contributed by atoms with Crippen molar-refractivity contribution < 1.29 is 13.2 Å². The van der Waals surface area contributed by atoms with Crippen molar-refractivity contribution in [1.82, 2.24) is 0 Å². The fraction of sp³-hybridized carbons (Fsp3) is 0.462. The predicted octanol–water partition coefficient (Wildman–Crippen LogP) is 1.35. The number of benzene rings is 1. The van der Waals surface area contributed by atoms with E-state index < -0.39 is 20.5 Å². The van der Waals surface area contributed by atoms with Crippen LogP contribution in [0.5, 0.6) is 0 Å². The molecule has 0 radical (unpaired) electrons. The first-order valence-electron chi connectivity index (χ1n) is 5.61. The number of hydrogen-bond acceptors (Lipinski definition) is 4. The van der Waals surface area contributed by atoms with E-state index in [-0.39, 0.29) is 12.5 Å². The molecule has 0 N–H and O–H groups in total. The number of rotatable bonds is 4. The molecule has 1 aliphatic carbocycles. The van der Waals surface area contributed by atoms with E-state index in [0.717, 1.165) is 5.56 Å². The molecule has 0 aromatic heterocycles. The van der Waals surface area contributed by atoms with Gasteiger partial charge in [-0.3, -0.25) is 0 Å². The molecular weight excluding hydrogens is 250 g/mol. The van der Waals surface area contributed by atoms with Crippen LogP contribution in [0, 0.1) is 16.7 Å². The van der Waals surface area contributed by atoms with E-state index >= 15 is 0 Å². The van der Waals surface area contributed by atoms with Gasteiger partial charge in [-0.05, 0) is 5.56 Å². The fourth-order valence-corrected chi connectivity index (χ4v) is 4.59. The van der Waals surface area contributed by atoms with Crippen LogP contribution in [0.4, 0.5) is 0 Å². The Bertz CT molecular complexity index is 576. The maximum atomic E-state index is 11.8. The van der Waals surface area contributed by atoms with Gasteiger partial charge >= 0.3 is 0 Å². The molecule has 0 bridgehead atoms. The van der Waals surface area contributed by atoms with Gasteiger partial charge in [-0.2, -0.15) is 5.26 Å². The summed E-state index contributed by atoms with van der Waals surface area (Å²) in [4.78, 5) is 0. The number of methoxy groups -OCH3 is 1. The first-order valence-corrected chi connectivity index (χ1v) is 7.57. The quantitative estimate of drug-likeness (QED) is 0.824. The maximum absolute atomic E-state index is 11.8. The molecule has 1 saturated carbocycles. The van der Waals surface area contributed by atoms with Gasteiger partial charge in [0.05, 0.1) is 17.9 Å². The zero-order valence-electron chi connectivity index (χ0n) is 10.3. The van der Waals surface area contributed by atoms with Gasteiger partial charge < -0.3 is 4.74 Å². The SMILES string of the molecule is COC[C@]1(C#N)[C@H](c2ccccc2)[C@@H]1S(C)(=O)=O. The molecule has 0 spiro atoms. The van der Waals surface area contributed by atoms with Crippen LogP contribution < -0.4 is 0 Å². The topological polar surface area (TPSA) is 67.2 Å². The van der Waals surface area contributed by atoms with E-state index in [0.29, 0.717) is 0 Å². The Morgan fingerprint density at radius 1 is 1.39 bits per heavy atom. The molecule has 0 saturated heterocycles. The van der Waals surface area contributed by atoms with Crippen LogP contribution in [0.1, 0.15) is 11.5 Å². The Morgan fingerprint density at radius 3 is 2.44 bits per heavy atom. The molecule has 4 nitrogen and oxygen atoms in total. The Labute approximate surface area is 107 Å². The third-order valence-electron chi connectivity index (χ3n) is 3.47. The molecular formula is C13H15NO3S. The van der Waals surface area contributed by atoms with Crippen LogP contribution in [0.3, 0.4) is 0 Å². The Morgan fingerprint density at radius 2 is 2.00 bits per heavy atom. The zero-order valence-corrected chi connectivity index (χ0v) is 11.1. The number of hydrogen-bond donors (Lipinski definition) is 0. The monoisotopic (exact) mass is 265 g/mol. The largest absolute Gasteiger partial charge is 0.383 e. The first kappa shape index (κ1) is 13.1. The minimum absolute atomic E-state index is 0.140. The highest BCUT2D eigenvalue weighted by Gasteiger charge is 2.71. The molecule has 18 heavy (non-hydrogen) atoms. The van der Waals surface area contributed by atoms with Crippen molar-refractivity contribution in [2.24, 2.45) is 5.41 Å². The Kier molecular flexibility index (Phi) is 3.18. The minimum Gasteiger partial charge on any atom is -0.383 e. The van der Waals surface area contributed by atoms with Crippen LogP contribution >= 0.6 is 0 Å². The van der Waals surface area contributed by atoms with Crippen LogP contribution in [0.25, 0.3) is 0 Å². The molecule has 1 fully saturated rings. The highest BCUT2D eigenvalue weighted by atomic mass is 32.2. The lowest BCUT2D eigenvalue weighted by molar-refractivity contribution is 0.162. The van der Waals surface area contributed by atoms with Crippen molar-refractivity contribution in [1.29, 1.82) is 5.26 Å². The highest BCUT2D eigenvalue weighted by Crippen LogP contribution is 2.62. The molecule has 5 heteroatoms. The van der Waals surface area contributed by atoms with Crippen molar-refractivity contribution in [3.63, 3.8) is 0 Å². The Hall–Kier alpha value is -1.38. The molecule has 1 aromatic carbocycles. The van der Waals surface area contributed by atoms with Gasteiger partial charge in [0.2, 0.25) is 0 Å². The molecule has 0 heterocycles. The van der Waals surface area contributed by atoms with E-state index in [4.69, 9.17) is 4.74 Å². The number of sulfone groups is 1. The molecule has 0 aliphatic heterocycles. The summed E-state index contributed by atoms with van der Waals surface area (Å²) in [6, 6.07) is 11.4. The van der Waals surface area contributed by atoms with Crippen molar-refractivity contribution in [3.8, 4) is 6.07 Å². The van der Waals surface area contributed by atoms with Gasteiger partial charge in [-0.1, -0.05) is 30.3 Å². The highest BCUT2D eigenvalue weighted by molar-refractivity contribution is 7.91. The molecule has 96 valence electrons. The molecule has 0 unspecified atom stereocenters. The van der Waals surface area contributed by atoms with E-state index in [1.54, 1.807) is 0 Å². The predicted molar refractivity (Wildman–Crippen MR) is 67.7 cm³/mol. The fourth-order valence-electron chi connectivity index (χ4n) is 2.74. The summed E-state index contributed by atoms with van der Waals surface area (Å²) in [6.07, 6.45) is 1.18. The summed E-state index contributed by atoms with van der Waals surface area (Å²) in [5.74, 6) is -0.293. The van der Waals surface area contributed by atoms with Crippen LogP contribution in [0.2, 0.25) is 0 Å². The van der Waals surface area contributed by atoms with Crippen molar-refractivity contribution >= 4 is 9.84 Å². The second-order valence-electron chi connectivity index (χ2n) is 4.72. The number of nitriles is 1. The molecule has 3 atom stereocenters. The third kappa shape index (κ3) is 1.92. The summed E-state index contributed by atoms with van der Waals surface area (Å²) >= 11 is 0. The van der Waals surface area contributed by atoms with Gasteiger partial charge in [0, 0.05) is 19.3 Å². The summed E-state index contributed by atoms with van der Waals surface area (Å²) in [6.45, 7) is 0.140. The van der Waals surface area contributed by atoms with Gasteiger partial charge in [-0.25, -0.2) is 8.42 Å². The lowest BCUT2D eigenvalue weighted by Gasteiger charge is -2.06. The van der Waals surface area contributed by atoms with E-state index in [2.05, 4.69) is 6.07 Å². The average molecular weight is 265 g/mol. The second-order valence-corrected chi connectivity index (χ2v) is 6.89. The van der Waals surface area contributed by atoms with E-state index in [1.807, 2.05) is 30.3 Å². The van der Waals surface area contributed by atoms with Crippen molar-refractivity contribution in [2.45, 2.75) is 11.2 Å². The van der Waals surface area contributed by atoms with Gasteiger partial charge in [0.15, 0.2) is 9.84 Å². The number of nitrogens with zero attached hydrogens (tertiary/aromatic N) is 1. The van der Waals surface area contributed by atoms with Crippen molar-refractivity contribution in [3.05, 3.63) is 35.9 Å². The summed E-state index contributed by atoms with van der Waals surface area (Å²) in [5.41, 5.74) is -0.0597. The lowest BCUT2D eigenvalue weighted by atomic mass is 10.0. The molecule has 1 aliphatic rings. The Balaban J connectivity index is 2.45. The number of ether oxygens (including phenoxy) is 1. The van der Waals surface area contributed by atoms with Gasteiger partial charge in [0.25, 0.3) is 0 Å². The normalized spacial score (nSPS) is 30.7. The molecule has 0 amide bonds. The zero-order chi connectivity index (χ0) is 13.4. The van der Waals surface area contributed by atoms with Crippen LogP contribution in [-0.2, 0) is 14.6 Å². The maximum Gasteiger partial charge on any atom is 0.152 e. The third-order valence-corrected chi connectivity index (χ3v) is 5.08. The van der Waals surface area contributed by atoms with Gasteiger partial charge in [-0.15, -0.1) is 0 Å². The molecule has 1 aromatic rings. The summed E-state index contributed by atoms with van der Waals surface area (Å²) < 4.78 is 28.7. The average Bonchev–Trinajstić information content (AvgIpc) is 3.00. The summed E-state index contributed by atoms with van der Waals surface area (Å²) in [5, 5.41) is 8.69. The van der Waals surface area contributed by atoms with Crippen molar-refractivity contribution in [2.75, 3.05) is 20.0 Å². The second kappa shape index (κ2) is 4.38.